The maximum absolute atomic E-state index is 11.5. The van der Waals surface area contributed by atoms with Gasteiger partial charge in [0.15, 0.2) is 13.2 Å². The summed E-state index contributed by atoms with van der Waals surface area (Å²) in [5, 5.41) is 0. The number of hydrogen-bond acceptors (Lipinski definition) is 7. The van der Waals surface area contributed by atoms with E-state index in [1.807, 2.05) is 0 Å². The fourth-order valence-electron chi connectivity index (χ4n) is 1.51. The molecule has 0 N–H and O–H groups in total. The van der Waals surface area contributed by atoms with Gasteiger partial charge in [0, 0.05) is 12.2 Å². The summed E-state index contributed by atoms with van der Waals surface area (Å²) in [4.78, 5) is 34.2. The Labute approximate surface area is 137 Å². The maximum atomic E-state index is 11.5. The smallest absolute Gasteiger partial charge is 0.331 e. The molecule has 0 amide bonds. The lowest BCUT2D eigenvalue weighted by Crippen LogP contribution is -2.19. The fraction of sp³-hybridized carbons (Fsp3) is 0.118. The quantitative estimate of drug-likeness (QED) is 0.541. The monoisotopic (exact) mass is 330 g/mol. The molecule has 0 aromatic carbocycles. The minimum atomic E-state index is -0.705. The highest BCUT2D eigenvalue weighted by atomic mass is 16.6. The van der Waals surface area contributed by atoms with Crippen LogP contribution in [0.5, 0.6) is 0 Å². The molecule has 0 aliphatic rings. The largest absolute Gasteiger partial charge is 0.465 e. The molecule has 0 saturated heterocycles. The topological polar surface area (TPSA) is 96.0 Å². The van der Waals surface area contributed by atoms with Gasteiger partial charge in [-0.05, 0) is 36.4 Å². The first kappa shape index (κ1) is 17.0. The number of ketones is 1. The van der Waals surface area contributed by atoms with E-state index >= 15 is 0 Å². The molecule has 0 bridgehead atoms. The molecule has 7 nitrogen and oxygen atoms in total. The van der Waals surface area contributed by atoms with Crippen molar-refractivity contribution in [2.75, 3.05) is 13.2 Å². The highest BCUT2D eigenvalue weighted by Gasteiger charge is 2.08. The molecule has 7 heteroatoms. The van der Waals surface area contributed by atoms with Crippen molar-refractivity contribution in [3.63, 3.8) is 0 Å². The summed E-state index contributed by atoms with van der Waals surface area (Å²) in [6.45, 7) is -0.979. The van der Waals surface area contributed by atoms with Crippen LogP contribution in [0.2, 0.25) is 0 Å². The number of esters is 2. The molecule has 0 radical (unpaired) electrons. The molecule has 2 aromatic rings. The summed E-state index contributed by atoms with van der Waals surface area (Å²) in [6.07, 6.45) is 8.00. The minimum Gasteiger partial charge on any atom is -0.465 e. The predicted octanol–water partition coefficient (Wildman–Crippen LogP) is 2.25. The minimum absolute atomic E-state index is 0.482. The maximum Gasteiger partial charge on any atom is 0.331 e. The molecule has 0 aliphatic heterocycles. The van der Waals surface area contributed by atoms with Crippen LogP contribution in [0.3, 0.4) is 0 Å². The Bertz CT molecular complexity index is 659. The van der Waals surface area contributed by atoms with E-state index in [1.54, 1.807) is 24.3 Å². The van der Waals surface area contributed by atoms with E-state index in [4.69, 9.17) is 18.3 Å². The third-order valence-electron chi connectivity index (χ3n) is 2.60. The third-order valence-corrected chi connectivity index (χ3v) is 2.60. The summed E-state index contributed by atoms with van der Waals surface area (Å²) in [5.74, 6) is -0.992. The number of ether oxygens (including phenoxy) is 2. The van der Waals surface area contributed by atoms with Gasteiger partial charge in [0.1, 0.15) is 11.5 Å². The van der Waals surface area contributed by atoms with Gasteiger partial charge in [-0.3, -0.25) is 4.79 Å². The Balaban J connectivity index is 1.64. The highest BCUT2D eigenvalue weighted by Crippen LogP contribution is 2.03. The normalized spacial score (nSPS) is 11.0. The van der Waals surface area contributed by atoms with Crippen molar-refractivity contribution in [1.29, 1.82) is 0 Å². The van der Waals surface area contributed by atoms with Crippen molar-refractivity contribution in [1.82, 2.24) is 0 Å². The lowest BCUT2D eigenvalue weighted by Gasteiger charge is -2.02. The summed E-state index contributed by atoms with van der Waals surface area (Å²) in [7, 11) is 0. The lowest BCUT2D eigenvalue weighted by molar-refractivity contribution is -0.148. The van der Waals surface area contributed by atoms with Crippen LogP contribution in [0.1, 0.15) is 11.5 Å². The van der Waals surface area contributed by atoms with E-state index < -0.39 is 30.9 Å². The van der Waals surface area contributed by atoms with Crippen molar-refractivity contribution < 1.29 is 32.7 Å². The summed E-state index contributed by atoms with van der Waals surface area (Å²) < 4.78 is 19.4. The summed E-state index contributed by atoms with van der Waals surface area (Å²) in [5.41, 5.74) is 0. The predicted molar refractivity (Wildman–Crippen MR) is 82.4 cm³/mol. The van der Waals surface area contributed by atoms with Crippen LogP contribution in [0.15, 0.2) is 57.8 Å². The number of carbonyl (C=O) groups excluding carboxylic acids is 3. The lowest BCUT2D eigenvalue weighted by atomic mass is 10.4. The zero-order chi connectivity index (χ0) is 17.2. The average molecular weight is 330 g/mol. The van der Waals surface area contributed by atoms with Gasteiger partial charge in [-0.2, -0.15) is 0 Å². The second-order valence-corrected chi connectivity index (χ2v) is 4.45. The molecular formula is C17H14O7. The van der Waals surface area contributed by atoms with E-state index in [2.05, 4.69) is 0 Å². The van der Waals surface area contributed by atoms with Crippen LogP contribution in [0.4, 0.5) is 0 Å². The molecule has 124 valence electrons. The van der Waals surface area contributed by atoms with Crippen molar-refractivity contribution in [2.24, 2.45) is 0 Å². The standard InChI is InChI=1S/C17H14O7/c18-13(11-23-16(19)7-5-14-3-1-9-21-14)12-24-17(20)8-6-15-4-2-10-22-15/h1-10H,11-12H2/b7-5+,8-6+. The van der Waals surface area contributed by atoms with Crippen LogP contribution in [-0.2, 0) is 23.9 Å². The molecule has 2 rings (SSSR count). The van der Waals surface area contributed by atoms with Gasteiger partial charge >= 0.3 is 11.9 Å². The fourth-order valence-corrected chi connectivity index (χ4v) is 1.51. The van der Waals surface area contributed by atoms with Crippen molar-refractivity contribution in [3.05, 3.63) is 60.5 Å². The van der Waals surface area contributed by atoms with Crippen LogP contribution < -0.4 is 0 Å². The second-order valence-electron chi connectivity index (χ2n) is 4.45. The number of carbonyl (C=O) groups is 3. The Morgan fingerprint density at radius 3 is 1.67 bits per heavy atom. The first-order valence-corrected chi connectivity index (χ1v) is 6.92. The van der Waals surface area contributed by atoms with Gasteiger partial charge < -0.3 is 18.3 Å². The Morgan fingerprint density at radius 1 is 0.833 bits per heavy atom. The zero-order valence-electron chi connectivity index (χ0n) is 12.5. The molecular weight excluding hydrogens is 316 g/mol. The van der Waals surface area contributed by atoms with E-state index in [0.29, 0.717) is 11.5 Å². The summed E-state index contributed by atoms with van der Waals surface area (Å²) >= 11 is 0. The van der Waals surface area contributed by atoms with Crippen molar-refractivity contribution in [3.8, 4) is 0 Å². The molecule has 0 saturated carbocycles. The van der Waals surface area contributed by atoms with Gasteiger partial charge in [0.25, 0.3) is 0 Å². The molecule has 24 heavy (non-hydrogen) atoms. The number of hydrogen-bond donors (Lipinski definition) is 0. The van der Waals surface area contributed by atoms with Crippen LogP contribution in [0.25, 0.3) is 12.2 Å². The van der Waals surface area contributed by atoms with Crippen LogP contribution in [0, 0.1) is 0 Å². The molecule has 0 fully saturated rings. The molecule has 0 aliphatic carbocycles. The van der Waals surface area contributed by atoms with Gasteiger partial charge in [-0.1, -0.05) is 0 Å². The summed E-state index contributed by atoms with van der Waals surface area (Å²) in [6, 6.07) is 6.65. The van der Waals surface area contributed by atoms with E-state index in [0.717, 1.165) is 12.2 Å². The first-order valence-electron chi connectivity index (χ1n) is 6.92. The van der Waals surface area contributed by atoms with Crippen molar-refractivity contribution in [2.45, 2.75) is 0 Å². The number of Topliss-reactive ketones (excluding diaryl/α,β-unsaturated/α-hetero) is 1. The Morgan fingerprint density at radius 2 is 1.29 bits per heavy atom. The van der Waals surface area contributed by atoms with Crippen LogP contribution in [-0.4, -0.2) is 30.9 Å². The average Bonchev–Trinajstić information content (AvgIpc) is 3.27. The molecule has 2 heterocycles. The Hall–Kier alpha value is -3.35. The number of furan rings is 2. The highest BCUT2D eigenvalue weighted by molar-refractivity contribution is 5.91. The van der Waals surface area contributed by atoms with Gasteiger partial charge in [-0.25, -0.2) is 9.59 Å². The first-order chi connectivity index (χ1) is 11.6. The molecule has 0 atom stereocenters. The molecule has 2 aromatic heterocycles. The van der Waals surface area contributed by atoms with E-state index in [-0.39, 0.29) is 0 Å². The van der Waals surface area contributed by atoms with E-state index in [9.17, 15) is 14.4 Å². The Kier molecular flexibility index (Phi) is 6.34. The van der Waals surface area contributed by atoms with Gasteiger partial charge in [0.2, 0.25) is 5.78 Å². The van der Waals surface area contributed by atoms with Crippen LogP contribution >= 0.6 is 0 Å². The third kappa shape index (κ3) is 6.18. The zero-order valence-corrected chi connectivity index (χ0v) is 12.5. The van der Waals surface area contributed by atoms with E-state index in [1.165, 1.54) is 24.7 Å². The molecule has 0 unspecified atom stereocenters. The van der Waals surface area contributed by atoms with Gasteiger partial charge in [-0.15, -0.1) is 0 Å². The number of rotatable bonds is 8. The van der Waals surface area contributed by atoms with Crippen molar-refractivity contribution >= 4 is 29.9 Å². The second kappa shape index (κ2) is 8.94. The SMILES string of the molecule is O=C(COC(=O)/C=C/c1ccco1)COC(=O)/C=C/c1ccco1. The van der Waals surface area contributed by atoms with Gasteiger partial charge in [0.05, 0.1) is 12.5 Å². The molecule has 0 spiro atoms.